The highest BCUT2D eigenvalue weighted by molar-refractivity contribution is 8.08. The minimum Gasteiger partial charge on any atom is -0.801 e. The summed E-state index contributed by atoms with van der Waals surface area (Å²) in [6.07, 6.45) is -0.942. The summed E-state index contributed by atoms with van der Waals surface area (Å²) in [5.74, 6) is 0. The average Bonchev–Trinajstić information content (AvgIpc) is 2.54. The lowest BCUT2D eigenvalue weighted by molar-refractivity contribution is -0.190. The van der Waals surface area contributed by atoms with Gasteiger partial charge in [-0.2, -0.15) is 0 Å². The first-order valence-electron chi connectivity index (χ1n) is 4.89. The van der Waals surface area contributed by atoms with E-state index >= 15 is 0 Å². The highest BCUT2D eigenvalue weighted by Crippen LogP contribution is 2.47. The van der Waals surface area contributed by atoms with E-state index in [0.29, 0.717) is 6.61 Å². The first-order valence-corrected chi connectivity index (χ1v) is 7.97. The van der Waals surface area contributed by atoms with E-state index in [1.165, 1.54) is 6.66 Å². The van der Waals surface area contributed by atoms with Crippen LogP contribution < -0.4 is 4.89 Å². The number of methoxy groups -OCH3 is 1. The Bertz CT molecular complexity index is 324. The predicted octanol–water partition coefficient (Wildman–Crippen LogP) is -1.02. The van der Waals surface area contributed by atoms with E-state index in [2.05, 4.69) is 0 Å². The SMILES string of the molecule is [B][C@@H]1OC2(COC)CO[C@H]1[C@H]2OP(C)([O-])=S. The second-order valence-electron chi connectivity index (χ2n) is 4.15. The van der Waals surface area contributed by atoms with Gasteiger partial charge < -0.3 is 23.6 Å². The molecule has 2 saturated heterocycles. The molecule has 2 unspecified atom stereocenters. The molecule has 0 aliphatic carbocycles. The van der Waals surface area contributed by atoms with Gasteiger partial charge in [0.2, 0.25) is 0 Å². The molecule has 8 heteroatoms. The highest BCUT2D eigenvalue weighted by Gasteiger charge is 2.61. The molecule has 2 aliphatic heterocycles. The van der Waals surface area contributed by atoms with Crippen LogP contribution in [0.25, 0.3) is 0 Å². The molecule has 5 nitrogen and oxygen atoms in total. The Kier molecular flexibility index (Phi) is 3.50. The number of ether oxygens (including phenoxy) is 3. The van der Waals surface area contributed by atoms with Crippen LogP contribution in [0.3, 0.4) is 0 Å². The first kappa shape index (κ1) is 13.0. The molecule has 0 amide bonds. The Morgan fingerprint density at radius 2 is 2.38 bits per heavy atom. The maximum atomic E-state index is 11.5. The molecule has 0 aromatic carbocycles. The number of rotatable bonds is 4. The fraction of sp³-hybridized carbons (Fsp3) is 1.00. The fourth-order valence-electron chi connectivity index (χ4n) is 2.18. The third kappa shape index (κ3) is 2.23. The normalized spacial score (nSPS) is 45.8. The van der Waals surface area contributed by atoms with Crippen LogP contribution in [0.2, 0.25) is 0 Å². The van der Waals surface area contributed by atoms with Crippen molar-refractivity contribution in [3.8, 4) is 0 Å². The van der Waals surface area contributed by atoms with Crippen molar-refractivity contribution in [3.63, 3.8) is 0 Å². The minimum absolute atomic E-state index is 0.275. The van der Waals surface area contributed by atoms with Crippen molar-refractivity contribution in [2.75, 3.05) is 27.0 Å². The molecular weight excluding hydrogens is 250 g/mol. The number of hydrogen-bond donors (Lipinski definition) is 0. The van der Waals surface area contributed by atoms with Gasteiger partial charge in [0.1, 0.15) is 25.7 Å². The third-order valence-electron chi connectivity index (χ3n) is 2.73. The molecular formula is C8H13BO5PS-. The summed E-state index contributed by atoms with van der Waals surface area (Å²) in [7, 11) is 7.29. The molecule has 90 valence electrons. The lowest BCUT2D eigenvalue weighted by Crippen LogP contribution is -2.46. The molecule has 2 heterocycles. The Morgan fingerprint density at radius 3 is 2.88 bits per heavy atom. The fourth-order valence-corrected chi connectivity index (χ4v) is 3.18. The quantitative estimate of drug-likeness (QED) is 0.478. The highest BCUT2D eigenvalue weighted by atomic mass is 32.5. The van der Waals surface area contributed by atoms with Crippen molar-refractivity contribution in [1.82, 2.24) is 0 Å². The van der Waals surface area contributed by atoms with Crippen molar-refractivity contribution in [1.29, 1.82) is 0 Å². The molecule has 2 radical (unpaired) electrons. The van der Waals surface area contributed by atoms with Crippen LogP contribution in [0.15, 0.2) is 0 Å². The molecule has 2 bridgehead atoms. The number of fused-ring (bicyclic) bond motifs is 2. The van der Waals surface area contributed by atoms with Gasteiger partial charge in [0.05, 0.1) is 13.2 Å². The summed E-state index contributed by atoms with van der Waals surface area (Å²) in [6, 6.07) is -0.588. The van der Waals surface area contributed by atoms with E-state index in [1.54, 1.807) is 7.11 Å². The van der Waals surface area contributed by atoms with E-state index in [4.69, 9.17) is 38.4 Å². The van der Waals surface area contributed by atoms with Crippen LogP contribution in [0.4, 0.5) is 0 Å². The second kappa shape index (κ2) is 4.32. The second-order valence-corrected chi connectivity index (χ2v) is 7.90. The van der Waals surface area contributed by atoms with E-state index in [-0.39, 0.29) is 6.61 Å². The van der Waals surface area contributed by atoms with Gasteiger partial charge in [0, 0.05) is 13.1 Å². The number of hydrogen-bond acceptors (Lipinski definition) is 6. The maximum Gasteiger partial charge on any atom is 0.143 e. The Labute approximate surface area is 101 Å². The molecule has 16 heavy (non-hydrogen) atoms. The topological polar surface area (TPSA) is 60.0 Å². The first-order chi connectivity index (χ1) is 7.38. The van der Waals surface area contributed by atoms with Gasteiger partial charge in [-0.3, -0.25) is 0 Å². The third-order valence-corrected chi connectivity index (χ3v) is 3.59. The largest absolute Gasteiger partial charge is 0.801 e. The van der Waals surface area contributed by atoms with Crippen molar-refractivity contribution < 1.29 is 23.6 Å². The van der Waals surface area contributed by atoms with Crippen LogP contribution in [0, 0.1) is 0 Å². The summed E-state index contributed by atoms with van der Waals surface area (Å²) < 4.78 is 21.5. The van der Waals surface area contributed by atoms with Crippen LogP contribution in [-0.4, -0.2) is 58.6 Å². The lowest BCUT2D eigenvalue weighted by Gasteiger charge is -2.33. The van der Waals surface area contributed by atoms with Gasteiger partial charge in [0.15, 0.2) is 0 Å². The zero-order chi connectivity index (χ0) is 12.0. The summed E-state index contributed by atoms with van der Waals surface area (Å²) in [4.78, 5) is 11.5. The van der Waals surface area contributed by atoms with Crippen LogP contribution in [0.5, 0.6) is 0 Å². The van der Waals surface area contributed by atoms with Crippen LogP contribution in [0.1, 0.15) is 0 Å². The zero-order valence-corrected chi connectivity index (χ0v) is 10.8. The zero-order valence-electron chi connectivity index (χ0n) is 9.12. The maximum absolute atomic E-state index is 11.5. The monoisotopic (exact) mass is 263 g/mol. The summed E-state index contributed by atoms with van der Waals surface area (Å²) in [6.45, 7) is -1.06. The van der Waals surface area contributed by atoms with E-state index in [1.807, 2.05) is 0 Å². The van der Waals surface area contributed by atoms with Crippen molar-refractivity contribution in [3.05, 3.63) is 0 Å². The summed E-state index contributed by atoms with van der Waals surface area (Å²) in [5.41, 5.74) is -0.774. The van der Waals surface area contributed by atoms with E-state index < -0.39 is 30.3 Å². The minimum atomic E-state index is -3.03. The van der Waals surface area contributed by atoms with Gasteiger partial charge in [-0.05, 0) is 13.2 Å². The molecule has 2 rings (SSSR count). The molecule has 5 atom stereocenters. The van der Waals surface area contributed by atoms with Crippen LogP contribution in [-0.2, 0) is 30.5 Å². The Balaban J connectivity index is 2.19. The van der Waals surface area contributed by atoms with Crippen molar-refractivity contribution in [2.45, 2.75) is 23.8 Å². The molecule has 0 aromatic rings. The smallest absolute Gasteiger partial charge is 0.143 e. The lowest BCUT2D eigenvalue weighted by atomic mass is 9.92. The van der Waals surface area contributed by atoms with Gasteiger partial charge in [-0.25, -0.2) is 0 Å². The van der Waals surface area contributed by atoms with Crippen molar-refractivity contribution >= 4 is 26.1 Å². The summed E-state index contributed by atoms with van der Waals surface area (Å²) in [5, 5.41) is 0. The Hall–Kier alpha value is 0.515. The van der Waals surface area contributed by atoms with Gasteiger partial charge in [-0.15, -0.1) is 0 Å². The predicted molar refractivity (Wildman–Crippen MR) is 60.1 cm³/mol. The average molecular weight is 263 g/mol. The van der Waals surface area contributed by atoms with Gasteiger partial charge >= 0.3 is 0 Å². The van der Waals surface area contributed by atoms with Gasteiger partial charge in [0.25, 0.3) is 0 Å². The Morgan fingerprint density at radius 1 is 1.69 bits per heavy atom. The van der Waals surface area contributed by atoms with E-state index in [9.17, 15) is 4.89 Å². The van der Waals surface area contributed by atoms with Crippen LogP contribution >= 0.6 is 6.49 Å². The molecule has 0 spiro atoms. The molecule has 0 N–H and O–H groups in total. The van der Waals surface area contributed by atoms with E-state index in [0.717, 1.165) is 0 Å². The molecule has 2 aliphatic rings. The van der Waals surface area contributed by atoms with Gasteiger partial charge in [-0.1, -0.05) is 11.8 Å². The molecule has 0 saturated carbocycles. The standard InChI is InChI=1S/C8H14BO5PS/c1-11-3-8-4-12-5(7(9)13-8)6(8)14-15(2,10)16/h5-7H,3-4H2,1-2H3,(H,10,16)/p-1/t5-,6+,7+,8?,15?/m0/s1. The summed E-state index contributed by atoms with van der Waals surface area (Å²) >= 11 is 4.77. The molecule has 2 fully saturated rings. The molecule has 0 aromatic heterocycles. The van der Waals surface area contributed by atoms with Crippen molar-refractivity contribution in [2.24, 2.45) is 0 Å².